The Bertz CT molecular complexity index is 999. The van der Waals surface area contributed by atoms with Crippen molar-refractivity contribution in [3.63, 3.8) is 0 Å². The minimum atomic E-state index is -3.53. The SMILES string of the molecule is CCCOc1ccc(CNC(=O)/C=C/c2ccc(S(=O)(=O)NC(C)C)cc2)cc1OC. The lowest BCUT2D eigenvalue weighted by Crippen LogP contribution is -2.30. The molecule has 168 valence electrons. The molecule has 0 aromatic heterocycles. The van der Waals surface area contributed by atoms with Crippen LogP contribution in [0.4, 0.5) is 0 Å². The van der Waals surface area contributed by atoms with Gasteiger partial charge in [0.1, 0.15) is 0 Å². The van der Waals surface area contributed by atoms with Gasteiger partial charge in [0.05, 0.1) is 18.6 Å². The predicted molar refractivity (Wildman–Crippen MR) is 122 cm³/mol. The maximum absolute atomic E-state index is 12.1. The molecule has 0 aliphatic rings. The zero-order valence-corrected chi connectivity index (χ0v) is 19.2. The maximum Gasteiger partial charge on any atom is 0.244 e. The molecule has 8 heteroatoms. The van der Waals surface area contributed by atoms with Crippen LogP contribution in [0.15, 0.2) is 53.4 Å². The fourth-order valence-electron chi connectivity index (χ4n) is 2.71. The van der Waals surface area contributed by atoms with Crippen molar-refractivity contribution in [3.8, 4) is 11.5 Å². The molecule has 0 saturated heterocycles. The summed E-state index contributed by atoms with van der Waals surface area (Å²) in [6.07, 6.45) is 3.94. The number of rotatable bonds is 11. The van der Waals surface area contributed by atoms with Gasteiger partial charge in [-0.25, -0.2) is 13.1 Å². The molecule has 7 nitrogen and oxygen atoms in total. The highest BCUT2D eigenvalue weighted by Gasteiger charge is 2.14. The summed E-state index contributed by atoms with van der Waals surface area (Å²) in [4.78, 5) is 12.3. The van der Waals surface area contributed by atoms with Gasteiger partial charge in [-0.15, -0.1) is 0 Å². The average Bonchev–Trinajstić information content (AvgIpc) is 2.74. The van der Waals surface area contributed by atoms with E-state index in [2.05, 4.69) is 10.0 Å². The molecule has 0 radical (unpaired) electrons. The summed E-state index contributed by atoms with van der Waals surface area (Å²) in [6.45, 7) is 6.50. The van der Waals surface area contributed by atoms with Crippen molar-refractivity contribution in [2.24, 2.45) is 0 Å². The van der Waals surface area contributed by atoms with Crippen LogP contribution in [0.3, 0.4) is 0 Å². The van der Waals surface area contributed by atoms with Crippen LogP contribution in [0, 0.1) is 0 Å². The van der Waals surface area contributed by atoms with Gasteiger partial charge >= 0.3 is 0 Å². The lowest BCUT2D eigenvalue weighted by Gasteiger charge is -2.12. The number of methoxy groups -OCH3 is 1. The molecule has 0 fully saturated rings. The first-order chi connectivity index (χ1) is 14.7. The van der Waals surface area contributed by atoms with Crippen molar-refractivity contribution >= 4 is 22.0 Å². The lowest BCUT2D eigenvalue weighted by atomic mass is 10.2. The van der Waals surface area contributed by atoms with Crippen LogP contribution >= 0.6 is 0 Å². The number of carbonyl (C=O) groups is 1. The van der Waals surface area contributed by atoms with E-state index in [0.717, 1.165) is 17.5 Å². The summed E-state index contributed by atoms with van der Waals surface area (Å²) in [6, 6.07) is 11.7. The zero-order chi connectivity index (χ0) is 22.9. The number of carbonyl (C=O) groups excluding carboxylic acids is 1. The van der Waals surface area contributed by atoms with Gasteiger partial charge in [-0.3, -0.25) is 4.79 Å². The van der Waals surface area contributed by atoms with Gasteiger partial charge in [-0.1, -0.05) is 25.1 Å². The van der Waals surface area contributed by atoms with Crippen molar-refractivity contribution in [2.45, 2.75) is 44.7 Å². The predicted octanol–water partition coefficient (Wildman–Crippen LogP) is 3.50. The van der Waals surface area contributed by atoms with Crippen LogP contribution in [-0.4, -0.2) is 34.1 Å². The molecule has 0 aliphatic heterocycles. The van der Waals surface area contributed by atoms with E-state index >= 15 is 0 Å². The Morgan fingerprint density at radius 3 is 2.42 bits per heavy atom. The number of nitrogens with one attached hydrogen (secondary N) is 2. The summed E-state index contributed by atoms with van der Waals surface area (Å²) in [5, 5.41) is 2.81. The van der Waals surface area contributed by atoms with Gasteiger partial charge in [0.15, 0.2) is 11.5 Å². The van der Waals surface area contributed by atoms with E-state index in [1.165, 1.54) is 18.2 Å². The number of sulfonamides is 1. The molecule has 0 unspecified atom stereocenters. The fourth-order valence-corrected chi connectivity index (χ4v) is 3.96. The number of ether oxygens (including phenoxy) is 2. The van der Waals surface area contributed by atoms with Crippen LogP contribution in [0.5, 0.6) is 11.5 Å². The fraction of sp³-hybridized carbons (Fsp3) is 0.348. The molecule has 0 spiro atoms. The first kappa shape index (κ1) is 24.4. The first-order valence-corrected chi connectivity index (χ1v) is 11.6. The van der Waals surface area contributed by atoms with Crippen LogP contribution < -0.4 is 19.5 Å². The minimum Gasteiger partial charge on any atom is -0.493 e. The van der Waals surface area contributed by atoms with E-state index in [9.17, 15) is 13.2 Å². The Morgan fingerprint density at radius 1 is 1.10 bits per heavy atom. The molecule has 2 aromatic carbocycles. The monoisotopic (exact) mass is 446 g/mol. The second-order valence-corrected chi connectivity index (χ2v) is 8.94. The highest BCUT2D eigenvalue weighted by molar-refractivity contribution is 7.89. The summed E-state index contributed by atoms with van der Waals surface area (Å²) < 4.78 is 37.8. The van der Waals surface area contributed by atoms with Gasteiger partial charge in [-0.2, -0.15) is 0 Å². The number of amides is 1. The van der Waals surface area contributed by atoms with E-state index < -0.39 is 10.0 Å². The molecule has 0 aliphatic carbocycles. The van der Waals surface area contributed by atoms with Crippen LogP contribution in [0.25, 0.3) is 6.08 Å². The third kappa shape index (κ3) is 7.73. The Hall–Kier alpha value is -2.84. The van der Waals surface area contributed by atoms with E-state index in [0.29, 0.717) is 24.7 Å². The molecular weight excluding hydrogens is 416 g/mol. The number of hydrogen-bond donors (Lipinski definition) is 2. The van der Waals surface area contributed by atoms with Gasteiger partial charge in [-0.05, 0) is 61.7 Å². The summed E-state index contributed by atoms with van der Waals surface area (Å²) in [7, 11) is -1.96. The minimum absolute atomic E-state index is 0.183. The van der Waals surface area contributed by atoms with Crippen LogP contribution in [0.2, 0.25) is 0 Å². The quantitative estimate of drug-likeness (QED) is 0.515. The second kappa shape index (κ2) is 11.5. The smallest absolute Gasteiger partial charge is 0.244 e. The Balaban J connectivity index is 1.94. The van der Waals surface area contributed by atoms with E-state index in [-0.39, 0.29) is 16.8 Å². The van der Waals surface area contributed by atoms with E-state index in [4.69, 9.17) is 9.47 Å². The van der Waals surface area contributed by atoms with Gasteiger partial charge in [0, 0.05) is 18.7 Å². The van der Waals surface area contributed by atoms with E-state index in [1.54, 1.807) is 39.2 Å². The van der Waals surface area contributed by atoms with Gasteiger partial charge in [0.2, 0.25) is 15.9 Å². The zero-order valence-electron chi connectivity index (χ0n) is 18.3. The third-order valence-electron chi connectivity index (χ3n) is 4.16. The Kier molecular flexibility index (Phi) is 9.08. The van der Waals surface area contributed by atoms with Crippen molar-refractivity contribution < 1.29 is 22.7 Å². The molecule has 2 aromatic rings. The standard InChI is InChI=1S/C23H30N2O5S/c1-5-14-30-21-12-8-19(15-22(21)29-4)16-24-23(26)13-9-18-6-10-20(11-7-18)31(27,28)25-17(2)3/h6-13,15,17,25H,5,14,16H2,1-4H3,(H,24,26)/b13-9+. The molecule has 2 N–H and O–H groups in total. The van der Waals surface area contributed by atoms with Crippen LogP contribution in [0.1, 0.15) is 38.3 Å². The molecule has 0 bridgehead atoms. The highest BCUT2D eigenvalue weighted by atomic mass is 32.2. The molecule has 31 heavy (non-hydrogen) atoms. The number of hydrogen-bond acceptors (Lipinski definition) is 5. The molecular formula is C23H30N2O5S. The largest absolute Gasteiger partial charge is 0.493 e. The van der Waals surface area contributed by atoms with Gasteiger partial charge in [0.25, 0.3) is 0 Å². The Morgan fingerprint density at radius 2 is 1.81 bits per heavy atom. The molecule has 0 saturated carbocycles. The molecule has 0 atom stereocenters. The topological polar surface area (TPSA) is 93.7 Å². The molecule has 0 heterocycles. The third-order valence-corrected chi connectivity index (χ3v) is 5.84. The second-order valence-electron chi connectivity index (χ2n) is 7.23. The van der Waals surface area contributed by atoms with Crippen LogP contribution in [-0.2, 0) is 21.4 Å². The summed E-state index contributed by atoms with van der Waals surface area (Å²) >= 11 is 0. The van der Waals surface area contributed by atoms with Crippen molar-refractivity contribution in [3.05, 3.63) is 59.7 Å². The average molecular weight is 447 g/mol. The molecule has 1 amide bonds. The van der Waals surface area contributed by atoms with Crippen molar-refractivity contribution in [2.75, 3.05) is 13.7 Å². The molecule has 2 rings (SSSR count). The number of benzene rings is 2. The summed E-state index contributed by atoms with van der Waals surface area (Å²) in [5.41, 5.74) is 1.60. The highest BCUT2D eigenvalue weighted by Crippen LogP contribution is 2.28. The lowest BCUT2D eigenvalue weighted by molar-refractivity contribution is -0.116. The maximum atomic E-state index is 12.1. The summed E-state index contributed by atoms with van der Waals surface area (Å²) in [5.74, 6) is 1.04. The Labute approximate surface area is 184 Å². The van der Waals surface area contributed by atoms with E-state index in [1.807, 2.05) is 25.1 Å². The van der Waals surface area contributed by atoms with Crippen molar-refractivity contribution in [1.82, 2.24) is 10.0 Å². The first-order valence-electron chi connectivity index (χ1n) is 10.1. The van der Waals surface area contributed by atoms with Gasteiger partial charge < -0.3 is 14.8 Å². The normalized spacial score (nSPS) is 11.6. The van der Waals surface area contributed by atoms with Crippen molar-refractivity contribution in [1.29, 1.82) is 0 Å².